The van der Waals surface area contributed by atoms with Gasteiger partial charge in [-0.2, -0.15) is 23.0 Å². The number of nitrogens with zero attached hydrogens (tertiary/aromatic N) is 3. The summed E-state index contributed by atoms with van der Waals surface area (Å²) in [6.45, 7) is 1.82. The molecule has 2 saturated carbocycles. The van der Waals surface area contributed by atoms with Gasteiger partial charge >= 0.3 is 0 Å². The zero-order chi connectivity index (χ0) is 24.3. The number of halogens is 1. The molecular formula is C25H34FN5O3S. The smallest absolute Gasteiger partial charge is 0.277 e. The van der Waals surface area contributed by atoms with Gasteiger partial charge in [-0.15, -0.1) is 5.10 Å². The van der Waals surface area contributed by atoms with Crippen LogP contribution in [0.3, 0.4) is 0 Å². The van der Waals surface area contributed by atoms with Gasteiger partial charge < -0.3 is 9.64 Å². The fourth-order valence-electron chi connectivity index (χ4n) is 5.26. The molecule has 0 spiro atoms. The average molecular weight is 504 g/mol. The minimum atomic E-state index is -3.55. The number of nitrogens with one attached hydrogen (secondary N) is 2. The maximum atomic E-state index is 13.6. The minimum absolute atomic E-state index is 0.0116. The molecule has 0 unspecified atom stereocenters. The second kappa shape index (κ2) is 10.9. The van der Waals surface area contributed by atoms with Gasteiger partial charge in [-0.05, 0) is 80.7 Å². The molecule has 8 nitrogen and oxygen atoms in total. The van der Waals surface area contributed by atoms with E-state index >= 15 is 0 Å². The van der Waals surface area contributed by atoms with Crippen molar-refractivity contribution in [3.63, 3.8) is 0 Å². The van der Waals surface area contributed by atoms with Gasteiger partial charge in [-0.25, -0.2) is 4.39 Å². The molecule has 1 aromatic carbocycles. The van der Waals surface area contributed by atoms with E-state index in [2.05, 4.69) is 24.5 Å². The molecule has 0 amide bonds. The van der Waals surface area contributed by atoms with Crippen molar-refractivity contribution in [2.75, 3.05) is 24.6 Å². The fraction of sp³-hybridized carbons (Fsp3) is 0.600. The Morgan fingerprint density at radius 1 is 1.03 bits per heavy atom. The van der Waals surface area contributed by atoms with Crippen LogP contribution in [0.15, 0.2) is 42.6 Å². The third kappa shape index (κ3) is 6.75. The van der Waals surface area contributed by atoms with Crippen molar-refractivity contribution < 1.29 is 17.5 Å². The third-order valence-electron chi connectivity index (χ3n) is 7.36. The van der Waals surface area contributed by atoms with E-state index in [9.17, 15) is 12.8 Å². The topological polar surface area (TPSA) is 96.5 Å². The monoisotopic (exact) mass is 503 g/mol. The van der Waals surface area contributed by atoms with Crippen LogP contribution in [0, 0.1) is 11.7 Å². The maximum absolute atomic E-state index is 13.6. The quantitative estimate of drug-likeness (QED) is 0.546. The predicted molar refractivity (Wildman–Crippen MR) is 132 cm³/mol. The molecule has 1 aliphatic heterocycles. The van der Waals surface area contributed by atoms with Gasteiger partial charge in [0.15, 0.2) is 5.82 Å². The first-order chi connectivity index (χ1) is 16.9. The van der Waals surface area contributed by atoms with Crippen molar-refractivity contribution in [1.82, 2.24) is 19.6 Å². The highest BCUT2D eigenvalue weighted by Crippen LogP contribution is 2.35. The minimum Gasteiger partial charge on any atom is -0.378 e. The third-order valence-corrected chi connectivity index (χ3v) is 8.62. The Balaban J connectivity index is 1.19. The molecule has 1 saturated heterocycles. The molecule has 2 N–H and O–H groups in total. The molecule has 5 rings (SSSR count). The molecule has 1 aromatic heterocycles. The van der Waals surface area contributed by atoms with E-state index in [0.717, 1.165) is 49.9 Å². The lowest BCUT2D eigenvalue weighted by molar-refractivity contribution is -0.00218. The number of hydrogen-bond acceptors (Lipinski definition) is 6. The molecular weight excluding hydrogens is 469 g/mol. The molecule has 2 aromatic rings. The van der Waals surface area contributed by atoms with Crippen molar-refractivity contribution in [3.8, 4) is 0 Å². The maximum Gasteiger partial charge on any atom is 0.277 e. The fourth-order valence-corrected chi connectivity index (χ4v) is 6.71. The van der Waals surface area contributed by atoms with E-state index in [4.69, 9.17) is 4.74 Å². The zero-order valence-corrected chi connectivity index (χ0v) is 20.7. The number of benzene rings is 1. The van der Waals surface area contributed by atoms with Crippen molar-refractivity contribution in [1.29, 1.82) is 0 Å². The average Bonchev–Trinajstić information content (AvgIpc) is 3.67. The van der Waals surface area contributed by atoms with Gasteiger partial charge in [0.05, 0.1) is 12.7 Å². The van der Waals surface area contributed by atoms with Crippen LogP contribution >= 0.6 is 0 Å². The molecule has 3 aliphatic rings. The van der Waals surface area contributed by atoms with Gasteiger partial charge in [0, 0.05) is 37.3 Å². The summed E-state index contributed by atoms with van der Waals surface area (Å²) in [5, 5.41) is 8.23. The van der Waals surface area contributed by atoms with Gasteiger partial charge in [0.2, 0.25) is 0 Å². The Hall–Kier alpha value is -2.14. The summed E-state index contributed by atoms with van der Waals surface area (Å²) in [4.78, 5) is 2.15. The number of anilines is 1. The van der Waals surface area contributed by atoms with Crippen LogP contribution < -0.4 is 14.3 Å². The first-order valence-corrected chi connectivity index (χ1v) is 14.1. The van der Waals surface area contributed by atoms with E-state index < -0.39 is 10.2 Å². The molecule has 0 bridgehead atoms. The molecule has 190 valence electrons. The van der Waals surface area contributed by atoms with Crippen molar-refractivity contribution in [2.45, 2.75) is 69.1 Å². The molecule has 2 atom stereocenters. The lowest BCUT2D eigenvalue weighted by atomic mass is 9.82. The molecule has 0 radical (unpaired) electrons. The summed E-state index contributed by atoms with van der Waals surface area (Å²) in [6, 6.07) is 10.6. The van der Waals surface area contributed by atoms with Crippen molar-refractivity contribution >= 4 is 16.0 Å². The molecule has 2 aliphatic carbocycles. The van der Waals surface area contributed by atoms with E-state index in [-0.39, 0.29) is 29.9 Å². The van der Waals surface area contributed by atoms with Crippen LogP contribution in [-0.4, -0.2) is 56.5 Å². The van der Waals surface area contributed by atoms with Crippen LogP contribution in [0.1, 0.15) is 56.4 Å². The van der Waals surface area contributed by atoms with Crippen LogP contribution in [0.25, 0.3) is 0 Å². The van der Waals surface area contributed by atoms with Gasteiger partial charge in [-0.3, -0.25) is 0 Å². The zero-order valence-electron chi connectivity index (χ0n) is 19.9. The summed E-state index contributed by atoms with van der Waals surface area (Å²) in [5.41, 5.74) is 1.06. The highest BCUT2D eigenvalue weighted by atomic mass is 32.2. The number of ether oxygens (including phenoxy) is 1. The molecule has 3 fully saturated rings. The molecule has 10 heteroatoms. The Morgan fingerprint density at radius 2 is 1.86 bits per heavy atom. The second-order valence-corrected chi connectivity index (χ2v) is 11.5. The molecule has 35 heavy (non-hydrogen) atoms. The van der Waals surface area contributed by atoms with Crippen LogP contribution in [0.5, 0.6) is 0 Å². The van der Waals surface area contributed by atoms with Gasteiger partial charge in [-0.1, -0.05) is 12.1 Å². The van der Waals surface area contributed by atoms with E-state index in [0.29, 0.717) is 32.0 Å². The van der Waals surface area contributed by atoms with Crippen LogP contribution in [0.2, 0.25) is 0 Å². The molecule has 2 heterocycles. The Kier molecular flexibility index (Phi) is 7.62. The second-order valence-electron chi connectivity index (χ2n) is 10.1. The summed E-state index contributed by atoms with van der Waals surface area (Å²) in [5.74, 6) is 0.962. The predicted octanol–water partition coefficient (Wildman–Crippen LogP) is 3.14. The lowest BCUT2D eigenvalue weighted by Gasteiger charge is -2.40. The van der Waals surface area contributed by atoms with Crippen molar-refractivity contribution in [3.05, 3.63) is 54.0 Å². The standard InChI is InChI=1S/C25H34FN5O3S/c26-21-4-1-3-19(15-21)18-6-10-23(11-7-18)34-17-20-16-31(25-5-2-13-27-28-25)14-12-24(20)30-35(32,33)29-22-8-9-22/h1-5,13,15,18,20,22-24,29-30H,6-12,14,16-17H2/t18-,20-,23+,24-/m0/s1. The van der Waals surface area contributed by atoms with Crippen molar-refractivity contribution in [2.24, 2.45) is 5.92 Å². The Morgan fingerprint density at radius 3 is 2.57 bits per heavy atom. The van der Waals surface area contributed by atoms with Gasteiger partial charge in [0.1, 0.15) is 5.82 Å². The summed E-state index contributed by atoms with van der Waals surface area (Å²) in [7, 11) is -3.55. The van der Waals surface area contributed by atoms with E-state index in [1.165, 1.54) is 6.07 Å². The van der Waals surface area contributed by atoms with E-state index in [1.54, 1.807) is 18.3 Å². The number of aromatic nitrogens is 2. The summed E-state index contributed by atoms with van der Waals surface area (Å²) < 4.78 is 50.8. The first-order valence-electron chi connectivity index (χ1n) is 12.6. The van der Waals surface area contributed by atoms with Crippen LogP contribution in [-0.2, 0) is 14.9 Å². The Labute approximate surface area is 206 Å². The largest absolute Gasteiger partial charge is 0.378 e. The number of rotatable bonds is 9. The van der Waals surface area contributed by atoms with E-state index in [1.807, 2.05) is 18.2 Å². The highest BCUT2D eigenvalue weighted by molar-refractivity contribution is 7.87. The summed E-state index contributed by atoms with van der Waals surface area (Å²) >= 11 is 0. The van der Waals surface area contributed by atoms with Crippen LogP contribution in [0.4, 0.5) is 10.2 Å². The SMILES string of the molecule is O=S(=O)(NC1CC1)N[C@H]1CCN(c2cccnn2)C[C@H]1CO[C@H]1CC[C@@H](c2cccc(F)c2)CC1. The first kappa shape index (κ1) is 24.5. The summed E-state index contributed by atoms with van der Waals surface area (Å²) in [6.07, 6.45) is 8.01. The highest BCUT2D eigenvalue weighted by Gasteiger charge is 2.36. The number of hydrogen-bond donors (Lipinski definition) is 2. The Bertz CT molecular complexity index is 1080. The normalized spacial score (nSPS) is 27.6. The number of piperidine rings is 1. The van der Waals surface area contributed by atoms with Gasteiger partial charge in [0.25, 0.3) is 10.2 Å². The lowest BCUT2D eigenvalue weighted by Crippen LogP contribution is -2.55.